The number of urea groups is 1. The molecule has 0 aromatic carbocycles. The van der Waals surface area contributed by atoms with Gasteiger partial charge >= 0.3 is 6.03 Å². The zero-order chi connectivity index (χ0) is 15.5. The molecule has 126 valence electrons. The molecule has 3 fully saturated rings. The lowest BCUT2D eigenvalue weighted by molar-refractivity contribution is 0.0564. The Morgan fingerprint density at radius 3 is 2.73 bits per heavy atom. The van der Waals surface area contributed by atoms with Crippen molar-refractivity contribution in [3.8, 4) is 0 Å². The topological polar surface area (TPSA) is 55.8 Å². The van der Waals surface area contributed by atoms with Crippen molar-refractivity contribution in [1.29, 1.82) is 0 Å². The highest BCUT2D eigenvalue weighted by Crippen LogP contribution is 2.31. The van der Waals surface area contributed by atoms with Crippen LogP contribution in [0.15, 0.2) is 0 Å². The number of carbonyl (C=O) groups is 1. The molecule has 0 spiro atoms. The van der Waals surface area contributed by atoms with Gasteiger partial charge in [-0.2, -0.15) is 0 Å². The van der Waals surface area contributed by atoms with Gasteiger partial charge in [-0.05, 0) is 44.6 Å². The second-order valence-electron chi connectivity index (χ2n) is 7.56. The van der Waals surface area contributed by atoms with Gasteiger partial charge in [0.1, 0.15) is 0 Å². The first-order chi connectivity index (χ1) is 10.6. The molecule has 0 aromatic heterocycles. The first kappa shape index (κ1) is 16.1. The second-order valence-corrected chi connectivity index (χ2v) is 7.56. The zero-order valence-electron chi connectivity index (χ0n) is 13.8. The van der Waals surface area contributed by atoms with E-state index in [1.165, 1.54) is 32.2 Å². The Hall–Kier alpha value is -0.810. The summed E-state index contributed by atoms with van der Waals surface area (Å²) in [7, 11) is 1.85. The average molecular weight is 309 g/mol. The van der Waals surface area contributed by atoms with Gasteiger partial charge in [-0.1, -0.05) is 12.8 Å². The fourth-order valence-electron chi connectivity index (χ4n) is 4.00. The van der Waals surface area contributed by atoms with E-state index in [1.807, 2.05) is 7.05 Å². The molecule has 1 heterocycles. The smallest absolute Gasteiger partial charge is 0.317 e. The van der Waals surface area contributed by atoms with Crippen LogP contribution in [0, 0.1) is 11.8 Å². The molecule has 2 saturated carbocycles. The van der Waals surface area contributed by atoms with Crippen LogP contribution in [0.1, 0.15) is 44.9 Å². The van der Waals surface area contributed by atoms with Crippen LogP contribution in [0.3, 0.4) is 0 Å². The summed E-state index contributed by atoms with van der Waals surface area (Å²) in [5.41, 5.74) is 0. The van der Waals surface area contributed by atoms with Crippen molar-refractivity contribution >= 4 is 6.03 Å². The highest BCUT2D eigenvalue weighted by Gasteiger charge is 2.34. The first-order valence-electron chi connectivity index (χ1n) is 9.04. The Morgan fingerprint density at radius 2 is 2.00 bits per heavy atom. The summed E-state index contributed by atoms with van der Waals surface area (Å²) in [4.78, 5) is 16.6. The van der Waals surface area contributed by atoms with Crippen molar-refractivity contribution in [2.24, 2.45) is 11.8 Å². The van der Waals surface area contributed by atoms with Gasteiger partial charge in [0.05, 0.1) is 6.10 Å². The molecular formula is C17H31N3O2. The SMILES string of the molecule is CN(CC1CCCCC1O)C(=O)NCC1CCN(C2CC2)C1. The number of aliphatic hydroxyl groups excluding tert-OH is 1. The van der Waals surface area contributed by atoms with Crippen molar-refractivity contribution in [3.05, 3.63) is 0 Å². The normalized spacial score (nSPS) is 32.9. The number of hydrogen-bond donors (Lipinski definition) is 2. The number of aliphatic hydroxyl groups is 1. The summed E-state index contributed by atoms with van der Waals surface area (Å²) < 4.78 is 0. The van der Waals surface area contributed by atoms with Crippen molar-refractivity contribution in [2.75, 3.05) is 33.2 Å². The van der Waals surface area contributed by atoms with Gasteiger partial charge in [0.2, 0.25) is 0 Å². The molecule has 5 nitrogen and oxygen atoms in total. The monoisotopic (exact) mass is 309 g/mol. The maximum Gasteiger partial charge on any atom is 0.317 e. The van der Waals surface area contributed by atoms with Crippen molar-refractivity contribution in [2.45, 2.75) is 57.1 Å². The van der Waals surface area contributed by atoms with Crippen LogP contribution in [0.2, 0.25) is 0 Å². The first-order valence-corrected chi connectivity index (χ1v) is 9.04. The molecule has 0 aromatic rings. The molecule has 5 heteroatoms. The maximum atomic E-state index is 12.2. The number of carbonyl (C=O) groups excluding carboxylic acids is 1. The van der Waals surface area contributed by atoms with Crippen LogP contribution in [0.4, 0.5) is 4.79 Å². The van der Waals surface area contributed by atoms with E-state index in [4.69, 9.17) is 0 Å². The summed E-state index contributed by atoms with van der Waals surface area (Å²) in [6, 6.07) is 0.860. The third kappa shape index (κ3) is 4.13. The van der Waals surface area contributed by atoms with Gasteiger partial charge < -0.3 is 20.2 Å². The van der Waals surface area contributed by atoms with E-state index in [-0.39, 0.29) is 18.1 Å². The molecule has 22 heavy (non-hydrogen) atoms. The van der Waals surface area contributed by atoms with Crippen LogP contribution in [0.5, 0.6) is 0 Å². The molecule has 0 radical (unpaired) electrons. The second kappa shape index (κ2) is 7.18. The van der Waals surface area contributed by atoms with Gasteiger partial charge in [-0.3, -0.25) is 0 Å². The predicted octanol–water partition coefficient (Wildman–Crippen LogP) is 1.66. The van der Waals surface area contributed by atoms with Gasteiger partial charge in [0.15, 0.2) is 0 Å². The Kier molecular flexibility index (Phi) is 5.24. The van der Waals surface area contributed by atoms with Crippen LogP contribution >= 0.6 is 0 Å². The van der Waals surface area contributed by atoms with E-state index in [0.717, 1.165) is 38.4 Å². The molecule has 2 amide bonds. The fraction of sp³-hybridized carbons (Fsp3) is 0.941. The predicted molar refractivity (Wildman–Crippen MR) is 86.7 cm³/mol. The number of amides is 2. The number of likely N-dealkylation sites (tertiary alicyclic amines) is 1. The lowest BCUT2D eigenvalue weighted by atomic mass is 9.86. The third-order valence-electron chi connectivity index (χ3n) is 5.65. The standard InChI is InChI=1S/C17H31N3O2/c1-19(12-14-4-2-3-5-16(14)21)17(22)18-10-13-8-9-20(11-13)15-6-7-15/h13-16,21H,2-12H2,1H3,(H,18,22). The van der Waals surface area contributed by atoms with Crippen LogP contribution in [-0.2, 0) is 0 Å². The summed E-state index contributed by atoms with van der Waals surface area (Å²) in [5.74, 6) is 0.861. The van der Waals surface area contributed by atoms with Crippen molar-refractivity contribution in [1.82, 2.24) is 15.1 Å². The van der Waals surface area contributed by atoms with Crippen molar-refractivity contribution < 1.29 is 9.90 Å². The largest absolute Gasteiger partial charge is 0.393 e. The number of nitrogens with zero attached hydrogens (tertiary/aromatic N) is 2. The van der Waals surface area contributed by atoms with E-state index in [0.29, 0.717) is 12.5 Å². The Balaban J connectivity index is 1.36. The van der Waals surface area contributed by atoms with Crippen LogP contribution in [0.25, 0.3) is 0 Å². The van der Waals surface area contributed by atoms with Crippen LogP contribution in [-0.4, -0.2) is 66.3 Å². The molecule has 3 rings (SSSR count). The van der Waals surface area contributed by atoms with Gasteiger partial charge in [0, 0.05) is 38.6 Å². The number of rotatable bonds is 5. The van der Waals surface area contributed by atoms with Gasteiger partial charge in [0.25, 0.3) is 0 Å². The number of nitrogens with one attached hydrogen (secondary N) is 1. The molecule has 3 unspecified atom stereocenters. The summed E-state index contributed by atoms with van der Waals surface area (Å²) in [6.07, 6.45) is 7.93. The summed E-state index contributed by atoms with van der Waals surface area (Å²) >= 11 is 0. The van der Waals surface area contributed by atoms with E-state index in [2.05, 4.69) is 10.2 Å². The van der Waals surface area contributed by atoms with E-state index >= 15 is 0 Å². The highest BCUT2D eigenvalue weighted by atomic mass is 16.3. The molecule has 0 bridgehead atoms. The maximum absolute atomic E-state index is 12.2. The lowest BCUT2D eigenvalue weighted by Gasteiger charge is -2.31. The van der Waals surface area contributed by atoms with Crippen LogP contribution < -0.4 is 5.32 Å². The Labute approximate surface area is 134 Å². The van der Waals surface area contributed by atoms with E-state index < -0.39 is 0 Å². The molecule has 1 aliphatic heterocycles. The number of hydrogen-bond acceptors (Lipinski definition) is 3. The van der Waals surface area contributed by atoms with Crippen molar-refractivity contribution in [3.63, 3.8) is 0 Å². The quantitative estimate of drug-likeness (QED) is 0.812. The minimum atomic E-state index is -0.231. The highest BCUT2D eigenvalue weighted by molar-refractivity contribution is 5.73. The summed E-state index contributed by atoms with van der Waals surface area (Å²) in [5, 5.41) is 13.1. The lowest BCUT2D eigenvalue weighted by Crippen LogP contribution is -2.44. The van der Waals surface area contributed by atoms with Gasteiger partial charge in [-0.15, -0.1) is 0 Å². The Bertz CT molecular complexity index is 386. The zero-order valence-corrected chi connectivity index (χ0v) is 13.8. The molecule has 2 aliphatic carbocycles. The van der Waals surface area contributed by atoms with E-state index in [1.54, 1.807) is 4.90 Å². The minimum Gasteiger partial charge on any atom is -0.393 e. The minimum absolute atomic E-state index is 0.0163. The molecule has 3 aliphatic rings. The molecular weight excluding hydrogens is 278 g/mol. The molecule has 3 atom stereocenters. The Morgan fingerprint density at radius 1 is 1.23 bits per heavy atom. The van der Waals surface area contributed by atoms with E-state index in [9.17, 15) is 9.90 Å². The molecule has 1 saturated heterocycles. The molecule has 2 N–H and O–H groups in total. The third-order valence-corrected chi connectivity index (χ3v) is 5.65. The summed E-state index contributed by atoms with van der Waals surface area (Å²) in [6.45, 7) is 3.82. The average Bonchev–Trinajstić information content (AvgIpc) is 3.26. The van der Waals surface area contributed by atoms with Gasteiger partial charge in [-0.25, -0.2) is 4.79 Å². The fourth-order valence-corrected chi connectivity index (χ4v) is 4.00.